The Bertz CT molecular complexity index is 504. The molecule has 1 aromatic carbocycles. The molecule has 1 aromatic rings. The van der Waals surface area contributed by atoms with E-state index in [2.05, 4.69) is 5.32 Å². The van der Waals surface area contributed by atoms with Crippen molar-refractivity contribution in [2.45, 2.75) is 38.4 Å². The summed E-state index contributed by atoms with van der Waals surface area (Å²) in [5.74, 6) is -2.48. The molecular formula is C15H20F2N2O2. The summed E-state index contributed by atoms with van der Waals surface area (Å²) >= 11 is 0. The highest BCUT2D eigenvalue weighted by atomic mass is 19.2. The Morgan fingerprint density at radius 3 is 2.67 bits per heavy atom. The van der Waals surface area contributed by atoms with Crippen LogP contribution in [0.25, 0.3) is 0 Å². The van der Waals surface area contributed by atoms with Crippen molar-refractivity contribution >= 4 is 5.97 Å². The predicted molar refractivity (Wildman–Crippen MR) is 74.9 cm³/mol. The van der Waals surface area contributed by atoms with Crippen molar-refractivity contribution in [3.8, 4) is 0 Å². The number of hydrogen-bond donors (Lipinski definition) is 2. The molecule has 0 radical (unpaired) electrons. The second-order valence-electron chi connectivity index (χ2n) is 5.41. The van der Waals surface area contributed by atoms with Crippen LogP contribution in [0, 0.1) is 11.6 Å². The van der Waals surface area contributed by atoms with Crippen LogP contribution in [-0.4, -0.2) is 41.1 Å². The van der Waals surface area contributed by atoms with Crippen molar-refractivity contribution in [2.24, 2.45) is 0 Å². The highest BCUT2D eigenvalue weighted by Crippen LogP contribution is 2.25. The lowest BCUT2D eigenvalue weighted by molar-refractivity contribution is -0.139. The molecule has 21 heavy (non-hydrogen) atoms. The van der Waals surface area contributed by atoms with Crippen LogP contribution in [0.2, 0.25) is 0 Å². The number of rotatable bonds is 7. The van der Waals surface area contributed by atoms with Crippen LogP contribution >= 0.6 is 0 Å². The van der Waals surface area contributed by atoms with Gasteiger partial charge in [0.25, 0.3) is 0 Å². The number of likely N-dealkylation sites (N-methyl/N-ethyl adjacent to an activating group) is 1. The van der Waals surface area contributed by atoms with Crippen molar-refractivity contribution in [1.82, 2.24) is 10.2 Å². The Kier molecular flexibility index (Phi) is 5.25. The normalized spacial score (nSPS) is 21.3. The van der Waals surface area contributed by atoms with Gasteiger partial charge in [-0.25, -0.2) is 8.78 Å². The van der Waals surface area contributed by atoms with Crippen LogP contribution < -0.4 is 5.32 Å². The molecule has 2 rings (SSSR count). The molecule has 2 N–H and O–H groups in total. The number of hydrogen-bond acceptors (Lipinski definition) is 3. The fraction of sp³-hybridized carbons (Fsp3) is 0.533. The molecule has 1 aliphatic rings. The Balaban J connectivity index is 1.75. The molecule has 0 bridgehead atoms. The van der Waals surface area contributed by atoms with Gasteiger partial charge in [-0.2, -0.15) is 0 Å². The second kappa shape index (κ2) is 6.95. The molecular weight excluding hydrogens is 278 g/mol. The van der Waals surface area contributed by atoms with Crippen LogP contribution in [0.5, 0.6) is 0 Å². The van der Waals surface area contributed by atoms with E-state index >= 15 is 0 Å². The van der Waals surface area contributed by atoms with Crippen LogP contribution in [-0.2, 0) is 11.3 Å². The molecule has 1 saturated carbocycles. The maximum atomic E-state index is 13.1. The van der Waals surface area contributed by atoms with E-state index in [9.17, 15) is 13.6 Å². The number of carboxylic acid groups (broad SMARTS) is 1. The van der Waals surface area contributed by atoms with E-state index in [4.69, 9.17) is 5.11 Å². The van der Waals surface area contributed by atoms with E-state index in [0.717, 1.165) is 18.9 Å². The zero-order valence-electron chi connectivity index (χ0n) is 12.0. The van der Waals surface area contributed by atoms with Crippen molar-refractivity contribution in [2.75, 3.05) is 13.1 Å². The SMILES string of the molecule is CCN(CC(=O)O)C1CC(NCc2ccc(F)c(F)c2)C1. The lowest BCUT2D eigenvalue weighted by Crippen LogP contribution is -2.53. The van der Waals surface area contributed by atoms with Gasteiger partial charge in [-0.3, -0.25) is 9.69 Å². The molecule has 1 fully saturated rings. The molecule has 0 saturated heterocycles. The average molecular weight is 298 g/mol. The third kappa shape index (κ3) is 4.22. The maximum Gasteiger partial charge on any atom is 0.317 e. The Morgan fingerprint density at radius 1 is 1.38 bits per heavy atom. The van der Waals surface area contributed by atoms with Crippen molar-refractivity contribution in [1.29, 1.82) is 0 Å². The number of nitrogens with zero attached hydrogens (tertiary/aromatic N) is 1. The third-order valence-corrected chi connectivity index (χ3v) is 3.95. The van der Waals surface area contributed by atoms with E-state index in [1.54, 1.807) is 6.07 Å². The molecule has 0 heterocycles. The number of aliphatic carboxylic acids is 1. The van der Waals surface area contributed by atoms with Crippen LogP contribution in [0.4, 0.5) is 8.78 Å². The smallest absolute Gasteiger partial charge is 0.317 e. The van der Waals surface area contributed by atoms with Crippen molar-refractivity contribution < 1.29 is 18.7 Å². The largest absolute Gasteiger partial charge is 0.480 e. The van der Waals surface area contributed by atoms with E-state index in [1.165, 1.54) is 6.07 Å². The summed E-state index contributed by atoms with van der Waals surface area (Å²) in [4.78, 5) is 12.7. The van der Waals surface area contributed by atoms with Gasteiger partial charge in [-0.15, -0.1) is 0 Å². The van der Waals surface area contributed by atoms with E-state index in [-0.39, 0.29) is 12.6 Å². The minimum absolute atomic E-state index is 0.0665. The van der Waals surface area contributed by atoms with Gasteiger partial charge in [0.2, 0.25) is 0 Å². The van der Waals surface area contributed by atoms with Crippen molar-refractivity contribution in [3.63, 3.8) is 0 Å². The Morgan fingerprint density at radius 2 is 2.10 bits per heavy atom. The van der Waals surface area contributed by atoms with Gasteiger partial charge in [0.15, 0.2) is 11.6 Å². The number of halogens is 2. The summed E-state index contributed by atoms with van der Waals surface area (Å²) in [6, 6.07) is 4.47. The molecule has 0 aromatic heterocycles. The van der Waals surface area contributed by atoms with Crippen LogP contribution in [0.1, 0.15) is 25.3 Å². The highest BCUT2D eigenvalue weighted by molar-refractivity contribution is 5.69. The monoisotopic (exact) mass is 298 g/mol. The molecule has 0 spiro atoms. The van der Waals surface area contributed by atoms with Crippen LogP contribution in [0.15, 0.2) is 18.2 Å². The predicted octanol–water partition coefficient (Wildman–Crippen LogP) is 1.99. The highest BCUT2D eigenvalue weighted by Gasteiger charge is 2.33. The minimum Gasteiger partial charge on any atom is -0.480 e. The van der Waals surface area contributed by atoms with Crippen molar-refractivity contribution in [3.05, 3.63) is 35.4 Å². The zero-order chi connectivity index (χ0) is 15.4. The number of nitrogens with one attached hydrogen (secondary N) is 1. The first-order valence-electron chi connectivity index (χ1n) is 7.12. The first-order valence-corrected chi connectivity index (χ1v) is 7.12. The molecule has 0 amide bonds. The topological polar surface area (TPSA) is 52.6 Å². The molecule has 4 nitrogen and oxygen atoms in total. The molecule has 6 heteroatoms. The number of carboxylic acids is 1. The summed E-state index contributed by atoms with van der Waals surface area (Å²) in [5, 5.41) is 12.1. The Hall–Kier alpha value is -1.53. The standard InChI is InChI=1S/C15H20F2N2O2/c1-2-19(9-15(20)21)12-6-11(7-12)18-8-10-3-4-13(16)14(17)5-10/h3-5,11-12,18H,2,6-9H2,1H3,(H,20,21). The summed E-state index contributed by atoms with van der Waals surface area (Å²) in [5.41, 5.74) is 0.704. The number of benzene rings is 1. The number of carbonyl (C=O) groups is 1. The molecule has 0 unspecified atom stereocenters. The van der Waals surface area contributed by atoms with E-state index < -0.39 is 17.6 Å². The molecule has 0 atom stereocenters. The van der Waals surface area contributed by atoms with Gasteiger partial charge in [0.1, 0.15) is 0 Å². The summed E-state index contributed by atoms with van der Waals surface area (Å²) in [7, 11) is 0. The molecule has 1 aliphatic carbocycles. The lowest BCUT2D eigenvalue weighted by atomic mass is 9.85. The quantitative estimate of drug-likeness (QED) is 0.808. The zero-order valence-corrected chi connectivity index (χ0v) is 12.0. The van der Waals surface area contributed by atoms with Gasteiger partial charge < -0.3 is 10.4 Å². The van der Waals surface area contributed by atoms with Gasteiger partial charge >= 0.3 is 5.97 Å². The summed E-state index contributed by atoms with van der Waals surface area (Å²) < 4.78 is 25.9. The Labute approximate surface area is 122 Å². The van der Waals surface area contributed by atoms with Gasteiger partial charge in [-0.05, 0) is 37.1 Å². The molecule has 116 valence electrons. The van der Waals surface area contributed by atoms with Gasteiger partial charge in [0, 0.05) is 18.6 Å². The third-order valence-electron chi connectivity index (χ3n) is 3.95. The van der Waals surface area contributed by atoms with Gasteiger partial charge in [-0.1, -0.05) is 13.0 Å². The fourth-order valence-corrected chi connectivity index (χ4v) is 2.64. The fourth-order valence-electron chi connectivity index (χ4n) is 2.64. The second-order valence-corrected chi connectivity index (χ2v) is 5.41. The molecule has 0 aliphatic heterocycles. The summed E-state index contributed by atoms with van der Waals surface area (Å²) in [6.45, 7) is 3.22. The summed E-state index contributed by atoms with van der Waals surface area (Å²) in [6.07, 6.45) is 1.76. The van der Waals surface area contributed by atoms with E-state index in [0.29, 0.717) is 24.7 Å². The van der Waals surface area contributed by atoms with E-state index in [1.807, 2.05) is 11.8 Å². The van der Waals surface area contributed by atoms with Crippen LogP contribution in [0.3, 0.4) is 0 Å². The van der Waals surface area contributed by atoms with Gasteiger partial charge in [0.05, 0.1) is 6.54 Å². The minimum atomic E-state index is -0.838. The first kappa shape index (κ1) is 15.9. The lowest BCUT2D eigenvalue weighted by Gasteiger charge is -2.42. The first-order chi connectivity index (χ1) is 9.99. The maximum absolute atomic E-state index is 13.1. The average Bonchev–Trinajstić information content (AvgIpc) is 2.39.